The number of carbonyl (C=O) groups is 2. The molecule has 1 N–H and O–H groups in total. The van der Waals surface area contributed by atoms with Crippen LogP contribution in [0.5, 0.6) is 5.75 Å². The van der Waals surface area contributed by atoms with E-state index < -0.39 is 0 Å². The van der Waals surface area contributed by atoms with Crippen LogP contribution >= 0.6 is 0 Å². The van der Waals surface area contributed by atoms with Crippen molar-refractivity contribution in [1.29, 1.82) is 0 Å². The van der Waals surface area contributed by atoms with Crippen LogP contribution in [0, 0.1) is 0 Å². The molecule has 2 aromatic rings. The largest absolute Gasteiger partial charge is 0.497 e. The molecule has 0 spiro atoms. The van der Waals surface area contributed by atoms with E-state index in [-0.39, 0.29) is 17.2 Å². The van der Waals surface area contributed by atoms with E-state index in [4.69, 9.17) is 9.47 Å². The summed E-state index contributed by atoms with van der Waals surface area (Å²) in [5, 5.41) is 3.21. The third kappa shape index (κ3) is 7.08. The van der Waals surface area contributed by atoms with Crippen LogP contribution in [0.2, 0.25) is 0 Å². The Kier molecular flexibility index (Phi) is 9.36. The number of aryl methyl sites for hydroxylation is 1. The Hall–Kier alpha value is -2.90. The number of nitrogens with one attached hydrogen (secondary N) is 1. The third-order valence-electron chi connectivity index (χ3n) is 7.56. The van der Waals surface area contributed by atoms with Crippen LogP contribution in [-0.4, -0.2) is 81.2 Å². The predicted molar refractivity (Wildman–Crippen MR) is 140 cm³/mol. The predicted octanol–water partition coefficient (Wildman–Crippen LogP) is 3.03. The van der Waals surface area contributed by atoms with Gasteiger partial charge in [-0.1, -0.05) is 42.5 Å². The van der Waals surface area contributed by atoms with E-state index in [1.807, 2.05) is 35.2 Å². The summed E-state index contributed by atoms with van der Waals surface area (Å²) in [6, 6.07) is 18.4. The highest BCUT2D eigenvalue weighted by Gasteiger charge is 2.34. The van der Waals surface area contributed by atoms with Gasteiger partial charge in [-0.15, -0.1) is 0 Å². The number of benzene rings is 2. The minimum Gasteiger partial charge on any atom is -0.497 e. The Morgan fingerprint density at radius 1 is 0.972 bits per heavy atom. The Labute approximate surface area is 214 Å². The molecule has 4 rings (SSSR count). The Morgan fingerprint density at radius 2 is 1.72 bits per heavy atom. The number of ether oxygens (including phenoxy) is 2. The number of carbonyl (C=O) groups excluding carboxylic acids is 2. The van der Waals surface area contributed by atoms with Crippen LogP contribution in [0.4, 0.5) is 0 Å². The molecule has 0 atom stereocenters. The summed E-state index contributed by atoms with van der Waals surface area (Å²) in [5.74, 6) is 1.06. The first-order chi connectivity index (χ1) is 17.6. The van der Waals surface area contributed by atoms with Gasteiger partial charge in [-0.05, 0) is 48.9 Å². The van der Waals surface area contributed by atoms with Gasteiger partial charge in [-0.2, -0.15) is 0 Å². The normalized spacial score (nSPS) is 18.3. The van der Waals surface area contributed by atoms with Crippen LogP contribution in [0.1, 0.15) is 36.8 Å². The number of methoxy groups -OCH3 is 1. The van der Waals surface area contributed by atoms with Gasteiger partial charge in [-0.3, -0.25) is 14.5 Å². The van der Waals surface area contributed by atoms with Gasteiger partial charge in [0.1, 0.15) is 5.75 Å². The summed E-state index contributed by atoms with van der Waals surface area (Å²) < 4.78 is 10.8. The fourth-order valence-electron chi connectivity index (χ4n) is 5.23. The maximum absolute atomic E-state index is 12.9. The zero-order chi connectivity index (χ0) is 25.2. The highest BCUT2D eigenvalue weighted by Crippen LogP contribution is 2.34. The van der Waals surface area contributed by atoms with Crippen LogP contribution in [-0.2, 0) is 26.2 Å². The van der Waals surface area contributed by atoms with Crippen molar-refractivity contribution in [3.63, 3.8) is 0 Å². The van der Waals surface area contributed by atoms with Crippen molar-refractivity contribution in [3.8, 4) is 5.75 Å². The van der Waals surface area contributed by atoms with Crippen molar-refractivity contribution in [3.05, 3.63) is 65.7 Å². The van der Waals surface area contributed by atoms with Crippen molar-refractivity contribution < 1.29 is 19.1 Å². The lowest BCUT2D eigenvalue weighted by Crippen LogP contribution is -2.47. The van der Waals surface area contributed by atoms with Crippen molar-refractivity contribution in [1.82, 2.24) is 15.1 Å². The molecule has 0 bridgehead atoms. The SMILES string of the molecule is COc1ccc(CCC(=O)N2CCCN(CC(=O)NCC3(c4ccccc4)CCOCC3)CC2)cc1. The van der Waals surface area contributed by atoms with E-state index in [1.165, 1.54) is 5.56 Å². The smallest absolute Gasteiger partial charge is 0.234 e. The van der Waals surface area contributed by atoms with Gasteiger partial charge in [0.25, 0.3) is 0 Å². The second kappa shape index (κ2) is 12.9. The first-order valence-corrected chi connectivity index (χ1v) is 13.1. The lowest BCUT2D eigenvalue weighted by molar-refractivity contribution is -0.131. The standard InChI is InChI=1S/C29H39N3O4/c1-35-26-11-8-24(9-12-26)10-13-28(34)32-17-5-16-31(18-19-32)22-27(33)30-23-29(14-20-36-21-15-29)25-6-3-2-4-7-25/h2-4,6-9,11-12H,5,10,13-23H2,1H3,(H,30,33). The topological polar surface area (TPSA) is 71.1 Å². The zero-order valence-corrected chi connectivity index (χ0v) is 21.4. The summed E-state index contributed by atoms with van der Waals surface area (Å²) in [5.41, 5.74) is 2.34. The Morgan fingerprint density at radius 3 is 2.44 bits per heavy atom. The number of hydrogen-bond donors (Lipinski definition) is 1. The van der Waals surface area contributed by atoms with Crippen molar-refractivity contribution >= 4 is 11.8 Å². The van der Waals surface area contributed by atoms with Gasteiger partial charge < -0.3 is 19.7 Å². The summed E-state index contributed by atoms with van der Waals surface area (Å²) in [6.07, 6.45) is 3.92. The second-order valence-electron chi connectivity index (χ2n) is 9.89. The molecule has 2 aliphatic heterocycles. The lowest BCUT2D eigenvalue weighted by atomic mass is 9.74. The molecule has 2 aromatic carbocycles. The molecule has 194 valence electrons. The molecule has 2 fully saturated rings. The van der Waals surface area contributed by atoms with Gasteiger partial charge in [0.15, 0.2) is 0 Å². The van der Waals surface area contributed by atoms with Gasteiger partial charge in [0, 0.05) is 57.8 Å². The van der Waals surface area contributed by atoms with E-state index in [0.717, 1.165) is 69.8 Å². The van der Waals surface area contributed by atoms with Crippen LogP contribution in [0.15, 0.2) is 54.6 Å². The Bertz CT molecular complexity index is 974. The molecular formula is C29H39N3O4. The summed E-state index contributed by atoms with van der Waals surface area (Å²) in [4.78, 5) is 29.8. The van der Waals surface area contributed by atoms with Gasteiger partial charge in [0.2, 0.25) is 11.8 Å². The molecule has 0 aliphatic carbocycles. The molecule has 2 saturated heterocycles. The number of hydrogen-bond acceptors (Lipinski definition) is 5. The highest BCUT2D eigenvalue weighted by atomic mass is 16.5. The van der Waals surface area contributed by atoms with E-state index in [0.29, 0.717) is 26.1 Å². The molecular weight excluding hydrogens is 454 g/mol. The fourth-order valence-corrected chi connectivity index (χ4v) is 5.23. The fraction of sp³-hybridized carbons (Fsp3) is 0.517. The van der Waals surface area contributed by atoms with E-state index in [2.05, 4.69) is 34.5 Å². The molecule has 7 heteroatoms. The van der Waals surface area contributed by atoms with Crippen molar-refractivity contribution in [2.75, 3.05) is 59.6 Å². The van der Waals surface area contributed by atoms with Gasteiger partial charge in [-0.25, -0.2) is 0 Å². The first-order valence-electron chi connectivity index (χ1n) is 13.1. The van der Waals surface area contributed by atoms with Crippen LogP contribution in [0.3, 0.4) is 0 Å². The maximum atomic E-state index is 12.9. The maximum Gasteiger partial charge on any atom is 0.234 e. The summed E-state index contributed by atoms with van der Waals surface area (Å²) in [7, 11) is 1.65. The zero-order valence-electron chi connectivity index (χ0n) is 21.4. The number of rotatable bonds is 9. The monoisotopic (exact) mass is 493 g/mol. The molecule has 2 heterocycles. The third-order valence-corrected chi connectivity index (χ3v) is 7.56. The van der Waals surface area contributed by atoms with Crippen molar-refractivity contribution in [2.45, 2.75) is 37.5 Å². The lowest BCUT2D eigenvalue weighted by Gasteiger charge is -2.38. The molecule has 0 radical (unpaired) electrons. The molecule has 2 amide bonds. The summed E-state index contributed by atoms with van der Waals surface area (Å²) in [6.45, 7) is 5.40. The second-order valence-corrected chi connectivity index (χ2v) is 9.89. The molecule has 0 aromatic heterocycles. The van der Waals surface area contributed by atoms with Crippen molar-refractivity contribution in [2.24, 2.45) is 0 Å². The average molecular weight is 494 g/mol. The van der Waals surface area contributed by atoms with Gasteiger partial charge in [0.05, 0.1) is 13.7 Å². The molecule has 2 aliphatic rings. The van der Waals surface area contributed by atoms with Crippen LogP contribution < -0.4 is 10.1 Å². The quantitative estimate of drug-likeness (QED) is 0.582. The van der Waals surface area contributed by atoms with E-state index in [9.17, 15) is 9.59 Å². The number of amides is 2. The van der Waals surface area contributed by atoms with Gasteiger partial charge >= 0.3 is 0 Å². The summed E-state index contributed by atoms with van der Waals surface area (Å²) >= 11 is 0. The Balaban J connectivity index is 1.22. The molecule has 7 nitrogen and oxygen atoms in total. The minimum absolute atomic E-state index is 0.0519. The van der Waals surface area contributed by atoms with Crippen LogP contribution in [0.25, 0.3) is 0 Å². The molecule has 36 heavy (non-hydrogen) atoms. The average Bonchev–Trinajstić information content (AvgIpc) is 3.17. The minimum atomic E-state index is -0.0684. The van der Waals surface area contributed by atoms with E-state index in [1.54, 1.807) is 7.11 Å². The molecule has 0 unspecified atom stereocenters. The highest BCUT2D eigenvalue weighted by molar-refractivity contribution is 5.78. The molecule has 0 saturated carbocycles. The number of nitrogens with zero attached hydrogens (tertiary/aromatic N) is 2. The first kappa shape index (κ1) is 26.2. The van der Waals surface area contributed by atoms with E-state index >= 15 is 0 Å².